The fourth-order valence-electron chi connectivity index (χ4n) is 17.3. The summed E-state index contributed by atoms with van der Waals surface area (Å²) in [5.74, 6) is 0. The van der Waals surface area contributed by atoms with Crippen LogP contribution in [0.25, 0.3) is 94.3 Å². The Hall–Kier alpha value is -10.7. The van der Waals surface area contributed by atoms with E-state index in [4.69, 9.17) is 0 Å². The Morgan fingerprint density at radius 3 is 0.908 bits per heavy atom. The number of fused-ring (bicyclic) bond motifs is 9. The maximum Gasteiger partial charge on any atom is 0.252 e. The van der Waals surface area contributed by atoms with Crippen LogP contribution in [0.1, 0.15) is 103 Å². The highest BCUT2D eigenvalue weighted by Gasteiger charge is 2.45. The molecule has 14 aromatic rings. The van der Waals surface area contributed by atoms with Crippen molar-refractivity contribution in [3.05, 3.63) is 313 Å². The van der Waals surface area contributed by atoms with Crippen molar-refractivity contribution in [2.24, 2.45) is 0 Å². The molecule has 0 fully saturated rings. The smallest absolute Gasteiger partial charge is 0.252 e. The molecule has 0 amide bonds. The van der Waals surface area contributed by atoms with Gasteiger partial charge in [0.1, 0.15) is 0 Å². The number of hydrogen-bond donors (Lipinski definition) is 0. The third-order valence-electron chi connectivity index (χ3n) is 23.1. The third-order valence-corrected chi connectivity index (χ3v) is 23.1. The van der Waals surface area contributed by atoms with Crippen LogP contribution in [-0.2, 0) is 21.7 Å². The Kier molecular flexibility index (Phi) is 13.7. The molecule has 0 N–H and O–H groups in total. The topological polar surface area (TPSA) is 11.4 Å². The van der Waals surface area contributed by atoms with E-state index in [-0.39, 0.29) is 28.4 Å². The van der Waals surface area contributed by atoms with Gasteiger partial charge in [-0.25, -0.2) is 0 Å². The summed E-state index contributed by atoms with van der Waals surface area (Å²) >= 11 is 0. The predicted octanol–water partition coefficient (Wildman–Crippen LogP) is 23.6. The van der Waals surface area contributed by atoms with Gasteiger partial charge in [0.25, 0.3) is 6.71 Å². The van der Waals surface area contributed by atoms with Crippen molar-refractivity contribution < 1.29 is 0 Å². The van der Waals surface area contributed by atoms with Crippen LogP contribution in [0.15, 0.2) is 291 Å². The molecule has 3 heterocycles. The molecule has 0 bridgehead atoms. The van der Waals surface area contributed by atoms with E-state index in [1.807, 2.05) is 0 Å². The first kappa shape index (κ1) is 59.8. The van der Waals surface area contributed by atoms with Gasteiger partial charge in [0.15, 0.2) is 0 Å². The molecule has 0 spiro atoms. The molecular weight excluding hydrogens is 1180 g/mol. The Morgan fingerprint density at radius 2 is 0.541 bits per heavy atom. The molecule has 0 radical (unpaired) electrons. The van der Waals surface area contributed by atoms with Gasteiger partial charge in [-0.15, -0.1) is 0 Å². The first-order valence-corrected chi connectivity index (χ1v) is 35.4. The van der Waals surface area contributed by atoms with Crippen molar-refractivity contribution in [2.75, 3.05) is 9.80 Å². The molecule has 474 valence electrons. The van der Waals surface area contributed by atoms with Crippen LogP contribution in [-0.4, -0.2) is 11.3 Å². The first-order valence-electron chi connectivity index (χ1n) is 35.4. The summed E-state index contributed by atoms with van der Waals surface area (Å²) in [5.41, 5.74) is 34.9. The van der Waals surface area contributed by atoms with E-state index in [1.165, 1.54) is 153 Å². The lowest BCUT2D eigenvalue weighted by atomic mass is 9.33. The Bertz CT molecular complexity index is 5150. The second-order valence-corrected chi connectivity index (χ2v) is 31.0. The summed E-state index contributed by atoms with van der Waals surface area (Å²) in [6, 6.07) is 111. The van der Waals surface area contributed by atoms with Gasteiger partial charge in [-0.05, 0) is 226 Å². The average molecular weight is 1260 g/mol. The highest BCUT2D eigenvalue weighted by Crippen LogP contribution is 2.52. The zero-order valence-corrected chi connectivity index (χ0v) is 57.5. The van der Waals surface area contributed by atoms with Crippen LogP contribution in [0.2, 0.25) is 0 Å². The molecule has 2 aliphatic heterocycles. The zero-order valence-electron chi connectivity index (χ0n) is 57.5. The lowest BCUT2D eigenvalue weighted by Gasteiger charge is -2.44. The zero-order chi connectivity index (χ0) is 66.4. The van der Waals surface area contributed by atoms with Crippen LogP contribution in [0.3, 0.4) is 0 Å². The summed E-state index contributed by atoms with van der Waals surface area (Å²) in [5, 5.41) is 2.42. The standard InChI is InChI=1S/C94H80BN3/c1-91(2)49-51-93(5,6)80-55-69(33-43-78(80)91)65-29-39-73(40-30-65)96-86-57-71(63-25-17-11-18-26-63)35-45-82(86)95-83-46-36-72(64-27-19-12-20-28-64)58-87(83)97(74-41-31-66(32-42-74)70-34-44-79-81(56-70)94(7,8)52-50-92(79,3)4)89-60-75(59-88(96)90(89)95)98-84-47-37-67(61-21-13-9-14-22-61)53-76(84)77-54-68(38-48-85(77)98)62-23-15-10-16-24-62/h9-48,53-60H,49-52H2,1-8H3. The maximum atomic E-state index is 2.61. The van der Waals surface area contributed by atoms with Gasteiger partial charge in [0.05, 0.1) is 16.7 Å². The summed E-state index contributed by atoms with van der Waals surface area (Å²) < 4.78 is 2.56. The third kappa shape index (κ3) is 9.76. The van der Waals surface area contributed by atoms with Crippen LogP contribution in [0, 0.1) is 0 Å². The van der Waals surface area contributed by atoms with Gasteiger partial charge in [-0.2, -0.15) is 0 Å². The van der Waals surface area contributed by atoms with Crippen molar-refractivity contribution in [1.82, 2.24) is 4.57 Å². The van der Waals surface area contributed by atoms with E-state index in [1.54, 1.807) is 0 Å². The van der Waals surface area contributed by atoms with Crippen LogP contribution >= 0.6 is 0 Å². The summed E-state index contributed by atoms with van der Waals surface area (Å²) in [6.07, 6.45) is 4.72. The molecule has 0 saturated carbocycles. The lowest BCUT2D eigenvalue weighted by Crippen LogP contribution is -2.61. The Morgan fingerprint density at radius 1 is 0.245 bits per heavy atom. The maximum absolute atomic E-state index is 2.61. The van der Waals surface area contributed by atoms with Gasteiger partial charge < -0.3 is 14.4 Å². The average Bonchev–Trinajstić information content (AvgIpc) is 0.874. The van der Waals surface area contributed by atoms with Gasteiger partial charge in [-0.3, -0.25) is 0 Å². The van der Waals surface area contributed by atoms with Gasteiger partial charge in [0.2, 0.25) is 0 Å². The molecule has 2 aliphatic carbocycles. The van der Waals surface area contributed by atoms with E-state index in [0.29, 0.717) is 0 Å². The summed E-state index contributed by atoms with van der Waals surface area (Å²) in [6.45, 7) is 19.3. The molecule has 4 aliphatic rings. The molecule has 0 unspecified atom stereocenters. The Balaban J connectivity index is 0.909. The largest absolute Gasteiger partial charge is 0.311 e. The van der Waals surface area contributed by atoms with Crippen molar-refractivity contribution >= 4 is 79.0 Å². The normalized spacial score (nSPS) is 15.9. The highest BCUT2D eigenvalue weighted by molar-refractivity contribution is 7.00. The second-order valence-electron chi connectivity index (χ2n) is 31.0. The molecule has 18 rings (SSSR count). The molecule has 0 atom stereocenters. The molecule has 13 aromatic carbocycles. The summed E-state index contributed by atoms with van der Waals surface area (Å²) in [4.78, 5) is 5.22. The van der Waals surface area contributed by atoms with Crippen LogP contribution in [0.4, 0.5) is 34.1 Å². The minimum Gasteiger partial charge on any atom is -0.311 e. The van der Waals surface area contributed by atoms with Gasteiger partial charge in [0, 0.05) is 44.9 Å². The lowest BCUT2D eigenvalue weighted by molar-refractivity contribution is 0.332. The Labute approximate surface area is 578 Å². The highest BCUT2D eigenvalue weighted by atomic mass is 15.2. The van der Waals surface area contributed by atoms with Crippen LogP contribution in [0.5, 0.6) is 0 Å². The quantitative estimate of drug-likeness (QED) is 0.133. The monoisotopic (exact) mass is 1260 g/mol. The summed E-state index contributed by atoms with van der Waals surface area (Å²) in [7, 11) is 0. The number of anilines is 6. The van der Waals surface area contributed by atoms with E-state index in [0.717, 1.165) is 39.5 Å². The number of nitrogens with zero attached hydrogens (tertiary/aromatic N) is 3. The molecule has 98 heavy (non-hydrogen) atoms. The molecule has 3 nitrogen and oxygen atoms in total. The minimum atomic E-state index is -0.119. The fourth-order valence-corrected chi connectivity index (χ4v) is 17.3. The number of aromatic nitrogens is 1. The molecular formula is C94H80BN3. The van der Waals surface area contributed by atoms with Crippen molar-refractivity contribution in [2.45, 2.75) is 103 Å². The van der Waals surface area contributed by atoms with E-state index < -0.39 is 0 Å². The molecule has 1 aromatic heterocycles. The van der Waals surface area contributed by atoms with Crippen molar-refractivity contribution in [3.8, 4) is 72.4 Å². The number of hydrogen-bond acceptors (Lipinski definition) is 2. The van der Waals surface area contributed by atoms with Crippen molar-refractivity contribution in [1.29, 1.82) is 0 Å². The second kappa shape index (κ2) is 22.4. The van der Waals surface area contributed by atoms with Crippen molar-refractivity contribution in [3.63, 3.8) is 0 Å². The SMILES string of the molecule is CC1(C)CCC(C)(C)c2cc(-c3ccc(N4c5cc(-c6ccccc6)ccc5B5c6ccc(-c7ccccc7)cc6N(c6ccc(-c7ccc8c(c7)C(C)(C)CCC8(C)C)cc6)c6cc(-n7c8ccc(-c9ccccc9)cc8c8cc(-c9ccccc9)ccc87)cc4c65)cc3)ccc21. The van der Waals surface area contributed by atoms with Gasteiger partial charge >= 0.3 is 0 Å². The van der Waals surface area contributed by atoms with E-state index in [2.05, 4.69) is 361 Å². The van der Waals surface area contributed by atoms with Gasteiger partial charge in [-0.1, -0.05) is 274 Å². The molecule has 0 saturated heterocycles. The van der Waals surface area contributed by atoms with Crippen LogP contribution < -0.4 is 26.2 Å². The van der Waals surface area contributed by atoms with E-state index in [9.17, 15) is 0 Å². The fraction of sp³-hybridized carbons (Fsp3) is 0.170. The minimum absolute atomic E-state index is 0.0916. The number of benzene rings is 13. The first-order chi connectivity index (χ1) is 47.5. The number of rotatable bonds is 9. The predicted molar refractivity (Wildman–Crippen MR) is 418 cm³/mol. The molecule has 4 heteroatoms. The van der Waals surface area contributed by atoms with E-state index >= 15 is 0 Å².